The molecule has 0 amide bonds. The molecule has 1 fully saturated rings. The highest BCUT2D eigenvalue weighted by Crippen LogP contribution is 2.22. The topological polar surface area (TPSA) is 78.4 Å². The number of halogens is 4. The number of carbonyl (C=O) groups is 1. The predicted molar refractivity (Wildman–Crippen MR) is 86.2 cm³/mol. The molecule has 2 aromatic rings. The monoisotopic (exact) mass is 372 g/mol. The Morgan fingerprint density at radius 3 is 2.38 bits per heavy atom. The smallest absolute Gasteiger partial charge is 0.475 e. The number of aliphatic carboxylic acids is 1. The number of hydrogen-bond acceptors (Lipinski definition) is 5. The van der Waals surface area contributed by atoms with Crippen molar-refractivity contribution >= 4 is 11.9 Å². The van der Waals surface area contributed by atoms with Crippen LogP contribution in [-0.2, 0) is 4.79 Å². The van der Waals surface area contributed by atoms with Crippen LogP contribution in [0.5, 0.6) is 0 Å². The number of nitrogens with one attached hydrogen (secondary N) is 1. The highest BCUT2D eigenvalue weighted by atomic mass is 19.4. The van der Waals surface area contributed by atoms with E-state index in [1.165, 1.54) is 6.07 Å². The highest BCUT2D eigenvalue weighted by molar-refractivity contribution is 5.73. The zero-order valence-electron chi connectivity index (χ0n) is 13.7. The van der Waals surface area contributed by atoms with Crippen molar-refractivity contribution in [3.8, 4) is 11.3 Å². The third kappa shape index (κ3) is 4.88. The van der Waals surface area contributed by atoms with Gasteiger partial charge in [0.1, 0.15) is 5.82 Å². The molecule has 6 nitrogen and oxygen atoms in total. The van der Waals surface area contributed by atoms with Gasteiger partial charge < -0.3 is 15.3 Å². The van der Waals surface area contributed by atoms with Crippen LogP contribution in [0.1, 0.15) is 0 Å². The zero-order valence-corrected chi connectivity index (χ0v) is 13.7. The third-order valence-electron chi connectivity index (χ3n) is 3.66. The van der Waals surface area contributed by atoms with Crippen molar-refractivity contribution in [1.82, 2.24) is 15.3 Å². The van der Waals surface area contributed by atoms with Crippen LogP contribution in [0.3, 0.4) is 0 Å². The molecular formula is C16H16F4N4O2. The van der Waals surface area contributed by atoms with Crippen LogP contribution in [0.4, 0.5) is 23.5 Å². The number of carboxylic acid groups (broad SMARTS) is 1. The van der Waals surface area contributed by atoms with Crippen LogP contribution in [0, 0.1) is 5.82 Å². The molecule has 2 heterocycles. The Morgan fingerprint density at radius 2 is 1.88 bits per heavy atom. The number of benzene rings is 1. The molecule has 1 aromatic heterocycles. The first kappa shape index (κ1) is 19.6. The van der Waals surface area contributed by atoms with Gasteiger partial charge in [0.25, 0.3) is 0 Å². The number of hydrogen-bond donors (Lipinski definition) is 2. The average molecular weight is 372 g/mol. The lowest BCUT2D eigenvalue weighted by Gasteiger charge is -2.35. The number of likely N-dealkylation sites (N-methyl/N-ethyl adjacent to an activating group) is 1. The summed E-state index contributed by atoms with van der Waals surface area (Å²) < 4.78 is 45.5. The predicted octanol–water partition coefficient (Wildman–Crippen LogP) is 2.32. The van der Waals surface area contributed by atoms with Gasteiger partial charge in [-0.15, -0.1) is 0 Å². The number of alkyl halides is 3. The minimum atomic E-state index is -5.08. The molecule has 0 aliphatic carbocycles. The van der Waals surface area contributed by atoms with Gasteiger partial charge in [0.05, 0.1) is 11.7 Å². The fraction of sp³-hybridized carbons (Fsp3) is 0.312. The molecule has 10 heteroatoms. The van der Waals surface area contributed by atoms with Crippen molar-refractivity contribution in [3.63, 3.8) is 0 Å². The zero-order chi connectivity index (χ0) is 19.3. The van der Waals surface area contributed by atoms with Gasteiger partial charge in [-0.1, -0.05) is 12.1 Å². The van der Waals surface area contributed by atoms with Crippen LogP contribution in [0.25, 0.3) is 11.3 Å². The summed E-state index contributed by atoms with van der Waals surface area (Å²) >= 11 is 0. The number of rotatable bonds is 3. The van der Waals surface area contributed by atoms with Crippen molar-refractivity contribution in [1.29, 1.82) is 0 Å². The average Bonchev–Trinajstić information content (AvgIpc) is 2.53. The van der Waals surface area contributed by atoms with E-state index >= 15 is 0 Å². The van der Waals surface area contributed by atoms with E-state index in [1.807, 2.05) is 11.9 Å². The fourth-order valence-electron chi connectivity index (χ4n) is 2.05. The number of nitrogens with zero attached hydrogens (tertiary/aromatic N) is 3. The van der Waals surface area contributed by atoms with Crippen LogP contribution >= 0.6 is 0 Å². The van der Waals surface area contributed by atoms with Crippen LogP contribution in [0.2, 0.25) is 0 Å². The molecule has 26 heavy (non-hydrogen) atoms. The molecule has 1 aliphatic heterocycles. The van der Waals surface area contributed by atoms with Crippen molar-refractivity contribution in [2.75, 3.05) is 25.0 Å². The van der Waals surface area contributed by atoms with Crippen molar-refractivity contribution in [2.24, 2.45) is 0 Å². The van der Waals surface area contributed by atoms with E-state index in [-0.39, 0.29) is 5.82 Å². The molecule has 2 N–H and O–H groups in total. The number of carboxylic acids is 1. The van der Waals surface area contributed by atoms with Gasteiger partial charge in [0.15, 0.2) is 0 Å². The molecule has 0 atom stereocenters. The third-order valence-corrected chi connectivity index (χ3v) is 3.66. The highest BCUT2D eigenvalue weighted by Gasteiger charge is 2.38. The van der Waals surface area contributed by atoms with Crippen LogP contribution in [-0.4, -0.2) is 53.4 Å². The molecule has 1 aromatic carbocycles. The summed E-state index contributed by atoms with van der Waals surface area (Å²) in [4.78, 5) is 19.6. The molecule has 1 saturated heterocycles. The quantitative estimate of drug-likeness (QED) is 0.806. The molecular weight excluding hydrogens is 356 g/mol. The van der Waals surface area contributed by atoms with E-state index in [4.69, 9.17) is 9.90 Å². The van der Waals surface area contributed by atoms with E-state index < -0.39 is 12.1 Å². The summed E-state index contributed by atoms with van der Waals surface area (Å²) in [5, 5.41) is 10.3. The summed E-state index contributed by atoms with van der Waals surface area (Å²) in [6.45, 7) is 1.87. The first-order valence-electron chi connectivity index (χ1n) is 7.51. The van der Waals surface area contributed by atoms with Gasteiger partial charge in [-0.25, -0.2) is 19.2 Å². The molecule has 0 spiro atoms. The van der Waals surface area contributed by atoms with E-state index in [1.54, 1.807) is 30.5 Å². The van der Waals surface area contributed by atoms with Crippen LogP contribution in [0.15, 0.2) is 36.5 Å². The van der Waals surface area contributed by atoms with Gasteiger partial charge in [-0.3, -0.25) is 0 Å². The number of aromatic nitrogens is 2. The van der Waals surface area contributed by atoms with E-state index in [0.29, 0.717) is 23.2 Å². The maximum absolute atomic E-state index is 13.8. The summed E-state index contributed by atoms with van der Waals surface area (Å²) in [6, 6.07) is 8.79. The first-order chi connectivity index (χ1) is 12.2. The van der Waals surface area contributed by atoms with Crippen LogP contribution < -0.4 is 10.2 Å². The maximum Gasteiger partial charge on any atom is 0.490 e. The molecule has 0 radical (unpaired) electrons. The fourth-order valence-corrected chi connectivity index (χ4v) is 2.05. The standard InChI is InChI=1S/C14H15FN4.C2HF3O2/c1-19(10-8-16-9-10)14-17-7-6-13(18-14)11-4-2-3-5-12(11)15;3-2(4,5)1(6)7/h2-7,10,16H,8-9H2,1H3;(H,6,7). The Labute approximate surface area is 146 Å². The Kier molecular flexibility index (Phi) is 6.09. The first-order valence-corrected chi connectivity index (χ1v) is 7.51. The molecule has 0 saturated carbocycles. The summed E-state index contributed by atoms with van der Waals surface area (Å²) in [5.74, 6) is -2.39. The molecule has 0 unspecified atom stereocenters. The van der Waals surface area contributed by atoms with E-state index in [0.717, 1.165) is 13.1 Å². The Morgan fingerprint density at radius 1 is 1.27 bits per heavy atom. The van der Waals surface area contributed by atoms with Gasteiger partial charge in [0.2, 0.25) is 5.95 Å². The second-order valence-corrected chi connectivity index (χ2v) is 5.45. The Balaban J connectivity index is 0.000000298. The normalized spacial score (nSPS) is 14.0. The SMILES string of the molecule is CN(c1nccc(-c2ccccc2F)n1)C1CNC1.O=C(O)C(F)(F)F. The lowest BCUT2D eigenvalue weighted by atomic mass is 10.1. The van der Waals surface area contributed by atoms with Gasteiger partial charge in [0, 0.05) is 31.9 Å². The lowest BCUT2D eigenvalue weighted by Crippen LogP contribution is -2.56. The van der Waals surface area contributed by atoms with E-state index in [2.05, 4.69) is 15.3 Å². The van der Waals surface area contributed by atoms with Crippen molar-refractivity contribution in [2.45, 2.75) is 12.2 Å². The van der Waals surface area contributed by atoms with Gasteiger partial charge in [-0.2, -0.15) is 13.2 Å². The summed E-state index contributed by atoms with van der Waals surface area (Å²) in [5.41, 5.74) is 1.12. The van der Waals surface area contributed by atoms with Gasteiger partial charge in [-0.05, 0) is 18.2 Å². The van der Waals surface area contributed by atoms with Crippen molar-refractivity contribution < 1.29 is 27.5 Å². The maximum atomic E-state index is 13.8. The lowest BCUT2D eigenvalue weighted by molar-refractivity contribution is -0.192. The molecule has 1 aliphatic rings. The molecule has 140 valence electrons. The minimum Gasteiger partial charge on any atom is -0.475 e. The second-order valence-electron chi connectivity index (χ2n) is 5.45. The molecule has 3 rings (SSSR count). The largest absolute Gasteiger partial charge is 0.490 e. The Bertz CT molecular complexity index is 766. The minimum absolute atomic E-state index is 0.264. The Hall–Kier alpha value is -2.75. The molecule has 0 bridgehead atoms. The van der Waals surface area contributed by atoms with Crippen molar-refractivity contribution in [3.05, 3.63) is 42.3 Å². The van der Waals surface area contributed by atoms with Gasteiger partial charge >= 0.3 is 12.1 Å². The summed E-state index contributed by atoms with van der Waals surface area (Å²) in [7, 11) is 1.96. The van der Waals surface area contributed by atoms with E-state index in [9.17, 15) is 17.6 Å². The summed E-state index contributed by atoms with van der Waals surface area (Å²) in [6.07, 6.45) is -3.41. The second kappa shape index (κ2) is 8.09. The number of anilines is 1.